The van der Waals surface area contributed by atoms with Gasteiger partial charge in [-0.05, 0) is 81.3 Å². The van der Waals surface area contributed by atoms with Gasteiger partial charge in [-0.1, -0.05) is 23.7 Å². The quantitative estimate of drug-likeness (QED) is 0.233. The largest absolute Gasteiger partial charge is 0.478 e. The Kier molecular flexibility index (Phi) is 7.78. The van der Waals surface area contributed by atoms with Crippen LogP contribution in [0.25, 0.3) is 22.2 Å². The van der Waals surface area contributed by atoms with Crippen LogP contribution < -0.4 is 4.90 Å². The Morgan fingerprint density at radius 3 is 2.51 bits per heavy atom. The monoisotopic (exact) mass is 626 g/mol. The molecule has 1 fully saturated rings. The molecule has 230 valence electrons. The van der Waals surface area contributed by atoms with Crippen molar-refractivity contribution in [1.29, 1.82) is 0 Å². The van der Waals surface area contributed by atoms with Crippen molar-refractivity contribution in [2.24, 2.45) is 0 Å². The Bertz CT molecular complexity index is 1940. The molecule has 5 aromatic rings. The van der Waals surface area contributed by atoms with E-state index in [1.54, 1.807) is 38.2 Å². The van der Waals surface area contributed by atoms with E-state index in [9.17, 15) is 19.1 Å². The van der Waals surface area contributed by atoms with E-state index in [2.05, 4.69) is 14.9 Å². The predicted octanol–water partition coefficient (Wildman–Crippen LogP) is 6.39. The van der Waals surface area contributed by atoms with E-state index in [1.165, 1.54) is 12.1 Å². The molecular weight excluding hydrogens is 595 g/mol. The van der Waals surface area contributed by atoms with Gasteiger partial charge in [-0.15, -0.1) is 0 Å². The lowest BCUT2D eigenvalue weighted by atomic mass is 9.97. The Morgan fingerprint density at radius 2 is 1.84 bits per heavy atom. The summed E-state index contributed by atoms with van der Waals surface area (Å²) in [6, 6.07) is 15.7. The Balaban J connectivity index is 1.33. The summed E-state index contributed by atoms with van der Waals surface area (Å²) in [7, 11) is 0. The highest BCUT2D eigenvalue weighted by Gasteiger charge is 2.38. The maximum atomic E-state index is 14.4. The number of benzene rings is 1. The lowest BCUT2D eigenvalue weighted by molar-refractivity contribution is 0.0507. The summed E-state index contributed by atoms with van der Waals surface area (Å²) in [6.07, 6.45) is 3.62. The average molecular weight is 627 g/mol. The van der Waals surface area contributed by atoms with Crippen LogP contribution in [0.5, 0.6) is 0 Å². The molecule has 11 heteroatoms. The molecule has 0 unspecified atom stereocenters. The number of hydrogen-bond acceptors (Lipinski definition) is 6. The molecule has 5 heterocycles. The van der Waals surface area contributed by atoms with Crippen molar-refractivity contribution >= 4 is 40.3 Å². The first kappa shape index (κ1) is 30.2. The predicted molar refractivity (Wildman–Crippen MR) is 171 cm³/mol. The second kappa shape index (κ2) is 11.6. The van der Waals surface area contributed by atoms with Crippen LogP contribution in [0, 0.1) is 19.7 Å². The Labute approximate surface area is 264 Å². The summed E-state index contributed by atoms with van der Waals surface area (Å²) in [6.45, 7) is 9.33. The second-order valence-electron chi connectivity index (χ2n) is 11.9. The summed E-state index contributed by atoms with van der Waals surface area (Å²) in [5.74, 6) is -1.02. The molecule has 4 aromatic heterocycles. The van der Waals surface area contributed by atoms with E-state index < -0.39 is 17.3 Å². The van der Waals surface area contributed by atoms with Crippen LogP contribution in [0.2, 0.25) is 5.02 Å². The van der Waals surface area contributed by atoms with Gasteiger partial charge >= 0.3 is 5.97 Å². The summed E-state index contributed by atoms with van der Waals surface area (Å²) >= 11 is 5.96. The smallest absolute Gasteiger partial charge is 0.337 e. The van der Waals surface area contributed by atoms with Gasteiger partial charge in [-0.2, -0.15) is 0 Å². The van der Waals surface area contributed by atoms with Crippen LogP contribution in [0.1, 0.15) is 51.6 Å². The van der Waals surface area contributed by atoms with Crippen LogP contribution in [0.3, 0.4) is 0 Å². The Hall–Kier alpha value is -4.83. The minimum atomic E-state index is -0.997. The molecule has 1 N–H and O–H groups in total. The number of halogens is 2. The number of fused-ring (bicyclic) bond motifs is 1. The standard InChI is InChI=1S/C34H32ClFN6O3/c1-20-15-29(38-21(2)30(20)33(44)45)40-13-14-42(34(3,4)19-40)32(43)28-11-9-24-25(22-8-10-26(35)27(36)16-22)18-41(31(24)39-28)17-23-7-5-6-12-37-23/h5-12,15-16,18H,13-14,17,19H2,1-4H3,(H,44,45). The number of anilines is 1. The molecule has 6 rings (SSSR count). The normalized spacial score (nSPS) is 14.6. The van der Waals surface area contributed by atoms with Crippen LogP contribution in [0.15, 0.2) is 67.0 Å². The minimum absolute atomic E-state index is 0.0445. The van der Waals surface area contributed by atoms with Gasteiger partial charge in [0.05, 0.1) is 34.1 Å². The van der Waals surface area contributed by atoms with Crippen LogP contribution in [-0.2, 0) is 6.54 Å². The lowest BCUT2D eigenvalue weighted by Crippen LogP contribution is -2.61. The van der Waals surface area contributed by atoms with Crippen molar-refractivity contribution in [2.45, 2.75) is 39.8 Å². The van der Waals surface area contributed by atoms with Crippen LogP contribution >= 0.6 is 11.6 Å². The van der Waals surface area contributed by atoms with E-state index in [0.29, 0.717) is 60.2 Å². The lowest BCUT2D eigenvalue weighted by Gasteiger charge is -2.47. The molecule has 1 aromatic carbocycles. The maximum absolute atomic E-state index is 14.4. The van der Waals surface area contributed by atoms with Gasteiger partial charge in [0.1, 0.15) is 23.0 Å². The van der Waals surface area contributed by atoms with E-state index in [1.807, 2.05) is 53.8 Å². The van der Waals surface area contributed by atoms with Crippen molar-refractivity contribution in [3.8, 4) is 11.1 Å². The average Bonchev–Trinajstić information content (AvgIpc) is 3.35. The van der Waals surface area contributed by atoms with Gasteiger partial charge in [0, 0.05) is 43.0 Å². The van der Waals surface area contributed by atoms with Gasteiger partial charge in [-0.3, -0.25) is 9.78 Å². The number of nitrogens with zero attached hydrogens (tertiary/aromatic N) is 6. The first-order valence-corrected chi connectivity index (χ1v) is 14.9. The van der Waals surface area contributed by atoms with Crippen molar-refractivity contribution in [2.75, 3.05) is 24.5 Å². The second-order valence-corrected chi connectivity index (χ2v) is 12.3. The van der Waals surface area contributed by atoms with Gasteiger partial charge in [0.2, 0.25) is 0 Å². The molecule has 1 saturated heterocycles. The van der Waals surface area contributed by atoms with Crippen molar-refractivity contribution in [3.63, 3.8) is 0 Å². The number of carboxylic acids is 1. The highest BCUT2D eigenvalue weighted by Crippen LogP contribution is 2.33. The third kappa shape index (κ3) is 5.73. The summed E-state index contributed by atoms with van der Waals surface area (Å²) in [5.41, 5.74) is 3.85. The topological polar surface area (TPSA) is 104 Å². The van der Waals surface area contributed by atoms with Gasteiger partial charge < -0.3 is 19.5 Å². The molecule has 1 amide bonds. The fourth-order valence-electron chi connectivity index (χ4n) is 6.13. The molecule has 0 aliphatic carbocycles. The zero-order chi connectivity index (χ0) is 32.0. The zero-order valence-corrected chi connectivity index (χ0v) is 26.1. The van der Waals surface area contributed by atoms with Gasteiger partial charge in [0.15, 0.2) is 0 Å². The molecule has 0 saturated carbocycles. The number of hydrogen-bond donors (Lipinski definition) is 1. The molecule has 0 atom stereocenters. The van der Waals surface area contributed by atoms with Gasteiger partial charge in [-0.25, -0.2) is 19.2 Å². The SMILES string of the molecule is Cc1cc(N2CCN(C(=O)c3ccc4c(-c5ccc(Cl)c(F)c5)cn(Cc5ccccn5)c4n3)C(C)(C)C2)nc(C)c1C(=O)O. The van der Waals surface area contributed by atoms with Crippen molar-refractivity contribution < 1.29 is 19.1 Å². The highest BCUT2D eigenvalue weighted by molar-refractivity contribution is 6.30. The molecule has 9 nitrogen and oxygen atoms in total. The molecule has 0 spiro atoms. The third-order valence-corrected chi connectivity index (χ3v) is 8.61. The third-order valence-electron chi connectivity index (χ3n) is 8.30. The summed E-state index contributed by atoms with van der Waals surface area (Å²) in [5, 5.41) is 10.4. The first-order valence-electron chi connectivity index (χ1n) is 14.6. The van der Waals surface area contributed by atoms with E-state index >= 15 is 0 Å². The number of piperazine rings is 1. The number of aryl methyl sites for hydroxylation is 2. The van der Waals surface area contributed by atoms with E-state index in [-0.39, 0.29) is 16.5 Å². The molecular formula is C34H32ClFN6O3. The molecule has 0 radical (unpaired) electrons. The van der Waals surface area contributed by atoms with E-state index in [0.717, 1.165) is 16.6 Å². The minimum Gasteiger partial charge on any atom is -0.478 e. The fraction of sp³-hybridized carbons (Fsp3) is 0.265. The number of amides is 1. The number of carbonyl (C=O) groups excluding carboxylic acids is 1. The van der Waals surface area contributed by atoms with Crippen LogP contribution in [-0.4, -0.2) is 66.6 Å². The molecule has 45 heavy (non-hydrogen) atoms. The van der Waals surface area contributed by atoms with Crippen molar-refractivity contribution in [3.05, 3.63) is 106 Å². The summed E-state index contributed by atoms with van der Waals surface area (Å²) in [4.78, 5) is 43.5. The van der Waals surface area contributed by atoms with E-state index in [4.69, 9.17) is 16.6 Å². The molecule has 1 aliphatic heterocycles. The maximum Gasteiger partial charge on any atom is 0.337 e. The highest BCUT2D eigenvalue weighted by atomic mass is 35.5. The number of carbonyl (C=O) groups is 2. The number of pyridine rings is 3. The summed E-state index contributed by atoms with van der Waals surface area (Å²) < 4.78 is 16.4. The zero-order valence-electron chi connectivity index (χ0n) is 25.4. The molecule has 0 bridgehead atoms. The number of carboxylic acid groups (broad SMARTS) is 1. The number of rotatable bonds is 6. The van der Waals surface area contributed by atoms with Crippen LogP contribution in [0.4, 0.5) is 10.2 Å². The fourth-order valence-corrected chi connectivity index (χ4v) is 6.24. The first-order chi connectivity index (χ1) is 21.4. The molecule has 1 aliphatic rings. The number of aromatic carboxylic acids is 1. The van der Waals surface area contributed by atoms with Gasteiger partial charge in [0.25, 0.3) is 5.91 Å². The number of aromatic nitrogens is 4. The Morgan fingerprint density at radius 1 is 1.04 bits per heavy atom. The van der Waals surface area contributed by atoms with Crippen molar-refractivity contribution in [1.82, 2.24) is 24.4 Å².